The molecule has 1 aliphatic rings. The molecule has 1 fully saturated rings. The highest BCUT2D eigenvalue weighted by atomic mass is 32.2. The summed E-state index contributed by atoms with van der Waals surface area (Å²) in [6.45, 7) is 7.87. The molecular weight excluding hydrogens is 278 g/mol. The largest absolute Gasteiger partial charge is 0.459 e. The molecule has 1 aromatic carbocycles. The van der Waals surface area contributed by atoms with Crippen molar-refractivity contribution in [3.05, 3.63) is 35.6 Å². The monoisotopic (exact) mass is 303 g/mol. The summed E-state index contributed by atoms with van der Waals surface area (Å²) < 4.78 is 6.53. The number of benzene rings is 1. The van der Waals surface area contributed by atoms with E-state index in [9.17, 15) is 0 Å². The van der Waals surface area contributed by atoms with Crippen LogP contribution in [0.25, 0.3) is 11.0 Å². The van der Waals surface area contributed by atoms with Gasteiger partial charge in [-0.1, -0.05) is 25.1 Å². The van der Waals surface area contributed by atoms with Crippen molar-refractivity contribution in [2.75, 3.05) is 12.3 Å². The van der Waals surface area contributed by atoms with Gasteiger partial charge in [-0.15, -0.1) is 0 Å². The van der Waals surface area contributed by atoms with Crippen LogP contribution >= 0.6 is 11.8 Å². The van der Waals surface area contributed by atoms with E-state index >= 15 is 0 Å². The van der Waals surface area contributed by atoms with E-state index in [0.717, 1.165) is 24.3 Å². The summed E-state index contributed by atoms with van der Waals surface area (Å²) in [4.78, 5) is 0. The molecule has 2 aromatic rings. The zero-order valence-electron chi connectivity index (χ0n) is 13.2. The van der Waals surface area contributed by atoms with Crippen LogP contribution < -0.4 is 5.32 Å². The number of hydrogen-bond donors (Lipinski definition) is 1. The van der Waals surface area contributed by atoms with Gasteiger partial charge in [0.05, 0.1) is 6.04 Å². The summed E-state index contributed by atoms with van der Waals surface area (Å²) in [5, 5.41) is 4.97. The minimum atomic E-state index is 0.269. The molecule has 0 amide bonds. The van der Waals surface area contributed by atoms with Gasteiger partial charge in [-0.2, -0.15) is 11.8 Å². The molecule has 0 saturated carbocycles. The molecule has 2 unspecified atom stereocenters. The first-order chi connectivity index (χ1) is 10.1. The molecule has 1 N–H and O–H groups in total. The van der Waals surface area contributed by atoms with Crippen molar-refractivity contribution in [2.24, 2.45) is 0 Å². The fraction of sp³-hybridized carbons (Fsp3) is 0.556. The van der Waals surface area contributed by atoms with Crippen molar-refractivity contribution in [2.45, 2.75) is 50.8 Å². The van der Waals surface area contributed by atoms with Crippen LogP contribution in [0.3, 0.4) is 0 Å². The van der Waals surface area contributed by atoms with Gasteiger partial charge in [0.2, 0.25) is 0 Å². The van der Waals surface area contributed by atoms with E-state index in [4.69, 9.17) is 4.42 Å². The maximum absolute atomic E-state index is 6.13. The van der Waals surface area contributed by atoms with E-state index in [-0.39, 0.29) is 6.04 Å². The van der Waals surface area contributed by atoms with Gasteiger partial charge in [0.1, 0.15) is 11.3 Å². The van der Waals surface area contributed by atoms with Crippen molar-refractivity contribution in [3.63, 3.8) is 0 Å². The molecule has 1 saturated heterocycles. The Balaban J connectivity index is 1.79. The first-order valence-electron chi connectivity index (χ1n) is 8.00. The normalized spacial score (nSPS) is 23.8. The Labute approximate surface area is 131 Å². The number of furan rings is 1. The van der Waals surface area contributed by atoms with Crippen LogP contribution in [-0.2, 0) is 6.42 Å². The van der Waals surface area contributed by atoms with E-state index < -0.39 is 0 Å². The smallest absolute Gasteiger partial charge is 0.134 e. The molecule has 114 valence electrons. The van der Waals surface area contributed by atoms with E-state index in [2.05, 4.69) is 56.0 Å². The highest BCUT2D eigenvalue weighted by molar-refractivity contribution is 8.00. The molecule has 0 radical (unpaired) electrons. The van der Waals surface area contributed by atoms with Crippen LogP contribution in [-0.4, -0.2) is 17.0 Å². The van der Waals surface area contributed by atoms with Gasteiger partial charge >= 0.3 is 0 Å². The maximum Gasteiger partial charge on any atom is 0.134 e. The summed E-state index contributed by atoms with van der Waals surface area (Å²) in [7, 11) is 0. The second-order valence-electron chi connectivity index (χ2n) is 6.30. The van der Waals surface area contributed by atoms with Crippen LogP contribution in [0.5, 0.6) is 0 Å². The molecule has 2 nitrogen and oxygen atoms in total. The lowest BCUT2D eigenvalue weighted by Crippen LogP contribution is -2.34. The maximum atomic E-state index is 6.13. The van der Waals surface area contributed by atoms with Crippen LogP contribution in [0.2, 0.25) is 0 Å². The average molecular weight is 303 g/mol. The summed E-state index contributed by atoms with van der Waals surface area (Å²) in [5.41, 5.74) is 2.37. The first-order valence-corrected chi connectivity index (χ1v) is 8.99. The van der Waals surface area contributed by atoms with Crippen LogP contribution in [0, 0.1) is 0 Å². The predicted octanol–water partition coefficient (Wildman–Crippen LogP) is 4.93. The van der Waals surface area contributed by atoms with Crippen molar-refractivity contribution in [3.8, 4) is 0 Å². The number of rotatable bonds is 5. The zero-order valence-corrected chi connectivity index (χ0v) is 14.1. The molecule has 3 heteroatoms. The third-order valence-electron chi connectivity index (χ3n) is 4.56. The fourth-order valence-corrected chi connectivity index (χ4v) is 4.53. The summed E-state index contributed by atoms with van der Waals surface area (Å²) in [6.07, 6.45) is 3.69. The Morgan fingerprint density at radius 3 is 2.90 bits per heavy atom. The first kappa shape index (κ1) is 15.0. The zero-order chi connectivity index (χ0) is 14.9. The van der Waals surface area contributed by atoms with Gasteiger partial charge in [0.25, 0.3) is 0 Å². The molecule has 1 aromatic heterocycles. The number of aryl methyl sites for hydroxylation is 1. The second-order valence-corrected chi connectivity index (χ2v) is 7.98. The summed E-state index contributed by atoms with van der Waals surface area (Å²) in [5.74, 6) is 2.42. The average Bonchev–Trinajstić information content (AvgIpc) is 3.08. The lowest BCUT2D eigenvalue weighted by Gasteiger charge is -2.25. The van der Waals surface area contributed by atoms with E-state index in [1.54, 1.807) is 0 Å². The minimum absolute atomic E-state index is 0.269. The third-order valence-corrected chi connectivity index (χ3v) is 6.10. The number of para-hydroxylation sites is 1. The number of nitrogens with one attached hydrogen (secondary N) is 1. The van der Waals surface area contributed by atoms with Crippen molar-refractivity contribution >= 4 is 22.7 Å². The molecule has 0 spiro atoms. The minimum Gasteiger partial charge on any atom is -0.459 e. The Hall–Kier alpha value is -0.930. The van der Waals surface area contributed by atoms with Gasteiger partial charge in [-0.3, -0.25) is 0 Å². The van der Waals surface area contributed by atoms with E-state index in [1.807, 2.05) is 6.07 Å². The molecular formula is C18H25NOS. The second kappa shape index (κ2) is 6.05. The fourth-order valence-electron chi connectivity index (χ4n) is 3.27. The third kappa shape index (κ3) is 3.00. The van der Waals surface area contributed by atoms with E-state index in [0.29, 0.717) is 4.75 Å². The molecule has 2 atom stereocenters. The Kier molecular flexibility index (Phi) is 4.32. The lowest BCUT2D eigenvalue weighted by atomic mass is 10.0. The topological polar surface area (TPSA) is 25.2 Å². The molecule has 2 heterocycles. The van der Waals surface area contributed by atoms with Gasteiger partial charge in [0, 0.05) is 22.2 Å². The standard InChI is InChI=1S/C18H25NOS/c1-4-14-15-8-5-6-9-16(15)20-17(14)13(2)19-12-18(3)10-7-11-21-18/h5-6,8-9,13,19H,4,7,10-12H2,1-3H3. The number of fused-ring (bicyclic) bond motifs is 1. The van der Waals surface area contributed by atoms with Crippen molar-refractivity contribution in [1.82, 2.24) is 5.32 Å². The molecule has 3 rings (SSSR count). The van der Waals surface area contributed by atoms with E-state index in [1.165, 1.54) is 29.5 Å². The van der Waals surface area contributed by atoms with Gasteiger partial charge in [-0.05, 0) is 44.9 Å². The lowest BCUT2D eigenvalue weighted by molar-refractivity contribution is 0.423. The highest BCUT2D eigenvalue weighted by Crippen LogP contribution is 2.38. The van der Waals surface area contributed by atoms with Crippen molar-refractivity contribution < 1.29 is 4.42 Å². The Morgan fingerprint density at radius 1 is 1.38 bits per heavy atom. The summed E-state index contributed by atoms with van der Waals surface area (Å²) >= 11 is 2.10. The SMILES string of the molecule is CCc1c(C(C)NCC2(C)CCCS2)oc2ccccc12. The van der Waals surface area contributed by atoms with Crippen LogP contribution in [0.4, 0.5) is 0 Å². The highest BCUT2D eigenvalue weighted by Gasteiger charge is 2.30. The number of thioether (sulfide) groups is 1. The molecule has 0 aliphatic carbocycles. The van der Waals surface area contributed by atoms with Crippen LogP contribution in [0.1, 0.15) is 51.0 Å². The van der Waals surface area contributed by atoms with Gasteiger partial charge in [0.15, 0.2) is 0 Å². The molecule has 0 bridgehead atoms. The summed E-state index contributed by atoms with van der Waals surface area (Å²) in [6, 6.07) is 8.64. The Morgan fingerprint density at radius 2 is 2.19 bits per heavy atom. The molecule has 1 aliphatic heterocycles. The molecule has 21 heavy (non-hydrogen) atoms. The Bertz CT molecular complexity index is 613. The number of hydrogen-bond acceptors (Lipinski definition) is 3. The van der Waals surface area contributed by atoms with Gasteiger partial charge < -0.3 is 9.73 Å². The van der Waals surface area contributed by atoms with Crippen LogP contribution in [0.15, 0.2) is 28.7 Å². The predicted molar refractivity (Wildman–Crippen MR) is 92.1 cm³/mol. The van der Waals surface area contributed by atoms with Gasteiger partial charge in [-0.25, -0.2) is 0 Å². The van der Waals surface area contributed by atoms with Crippen molar-refractivity contribution in [1.29, 1.82) is 0 Å². The quantitative estimate of drug-likeness (QED) is 0.847.